The second kappa shape index (κ2) is 6.41. The van der Waals surface area contributed by atoms with Crippen LogP contribution in [0.3, 0.4) is 0 Å². The number of hydrogen-bond acceptors (Lipinski definition) is 6. The summed E-state index contributed by atoms with van der Waals surface area (Å²) in [7, 11) is -4.06. The Balaban J connectivity index is 2.10. The molecule has 0 aliphatic rings. The second-order valence-electron chi connectivity index (χ2n) is 6.03. The van der Waals surface area contributed by atoms with Gasteiger partial charge in [-0.1, -0.05) is 29.8 Å². The van der Waals surface area contributed by atoms with Crippen molar-refractivity contribution in [3.8, 4) is 33.6 Å². The number of benzene rings is 2. The largest absolute Gasteiger partial charge is 0.285 e. The molecule has 2 heterocycles. The Kier molecular flexibility index (Phi) is 4.05. The number of H-pyrrole nitrogens is 2. The summed E-state index contributed by atoms with van der Waals surface area (Å²) in [5.74, 6) is 0.147. The van der Waals surface area contributed by atoms with Gasteiger partial charge >= 0.3 is 0 Å². The number of rotatable bonds is 4. The van der Waals surface area contributed by atoms with Gasteiger partial charge in [0.05, 0.1) is 16.7 Å². The first-order valence-electron chi connectivity index (χ1n) is 7.94. The lowest BCUT2D eigenvalue weighted by molar-refractivity contribution is 0.598. The Morgan fingerprint density at radius 1 is 1.04 bits per heavy atom. The number of tetrazole rings is 1. The van der Waals surface area contributed by atoms with E-state index in [1.54, 1.807) is 12.4 Å². The van der Waals surface area contributed by atoms with Crippen LogP contribution in [0.25, 0.3) is 33.6 Å². The summed E-state index contributed by atoms with van der Waals surface area (Å²) in [6.45, 7) is 1.97. The summed E-state index contributed by atoms with van der Waals surface area (Å²) >= 11 is 0. The number of primary sulfonamides is 1. The van der Waals surface area contributed by atoms with E-state index in [1.807, 2.05) is 37.3 Å². The van der Waals surface area contributed by atoms with Gasteiger partial charge < -0.3 is 0 Å². The first-order valence-corrected chi connectivity index (χ1v) is 9.49. The van der Waals surface area contributed by atoms with Crippen LogP contribution in [0, 0.1) is 6.92 Å². The predicted octanol–water partition coefficient (Wildman–Crippen LogP) is 1.88. The highest BCUT2D eigenvalue weighted by atomic mass is 32.2. The van der Waals surface area contributed by atoms with Crippen LogP contribution in [0.4, 0.5) is 0 Å². The van der Waals surface area contributed by atoms with Crippen molar-refractivity contribution in [1.82, 2.24) is 30.8 Å². The van der Waals surface area contributed by atoms with Gasteiger partial charge in [-0.05, 0) is 41.0 Å². The third-order valence-electron chi connectivity index (χ3n) is 4.17. The highest BCUT2D eigenvalue weighted by Crippen LogP contribution is 2.38. The fourth-order valence-corrected chi connectivity index (χ4v) is 3.65. The highest BCUT2D eigenvalue weighted by molar-refractivity contribution is 7.89. The molecule has 0 saturated carbocycles. The van der Waals surface area contributed by atoms with Gasteiger partial charge in [-0.2, -0.15) is 10.3 Å². The topological polar surface area (TPSA) is 143 Å². The molecule has 0 amide bonds. The molecular weight excluding hydrogens is 366 g/mol. The molecule has 4 rings (SSSR count). The molecule has 4 N–H and O–H groups in total. The van der Waals surface area contributed by atoms with Gasteiger partial charge in [0.25, 0.3) is 0 Å². The van der Waals surface area contributed by atoms with Crippen LogP contribution in [0.2, 0.25) is 0 Å². The minimum absolute atomic E-state index is 0.0850. The van der Waals surface area contributed by atoms with E-state index in [4.69, 9.17) is 5.14 Å². The monoisotopic (exact) mass is 381 g/mol. The van der Waals surface area contributed by atoms with E-state index in [0.717, 1.165) is 16.7 Å². The van der Waals surface area contributed by atoms with Crippen LogP contribution < -0.4 is 5.14 Å². The Bertz CT molecular complexity index is 1180. The molecular formula is C17H15N7O2S. The van der Waals surface area contributed by atoms with E-state index >= 15 is 0 Å². The fraction of sp³-hybridized carbons (Fsp3) is 0.0588. The zero-order chi connectivity index (χ0) is 19.0. The lowest BCUT2D eigenvalue weighted by Gasteiger charge is -2.14. The molecule has 2 aromatic heterocycles. The van der Waals surface area contributed by atoms with Crippen molar-refractivity contribution in [1.29, 1.82) is 0 Å². The molecule has 2 aromatic carbocycles. The van der Waals surface area contributed by atoms with Crippen molar-refractivity contribution >= 4 is 10.0 Å². The average Bonchev–Trinajstić information content (AvgIpc) is 3.34. The van der Waals surface area contributed by atoms with Crippen molar-refractivity contribution in [3.05, 3.63) is 54.4 Å². The Morgan fingerprint density at radius 3 is 2.41 bits per heavy atom. The van der Waals surface area contributed by atoms with E-state index in [2.05, 4.69) is 30.8 Å². The lowest BCUT2D eigenvalue weighted by atomic mass is 9.94. The van der Waals surface area contributed by atoms with Gasteiger partial charge in [-0.25, -0.2) is 13.6 Å². The van der Waals surface area contributed by atoms with Gasteiger partial charge in [0.2, 0.25) is 15.8 Å². The average molecular weight is 381 g/mol. The Labute approximate surface area is 154 Å². The molecule has 0 aliphatic carbocycles. The molecule has 9 nitrogen and oxygen atoms in total. The van der Waals surface area contributed by atoms with Crippen molar-refractivity contribution in [2.45, 2.75) is 11.8 Å². The molecule has 0 fully saturated rings. The van der Waals surface area contributed by atoms with Gasteiger partial charge in [-0.3, -0.25) is 5.10 Å². The van der Waals surface area contributed by atoms with E-state index in [0.29, 0.717) is 16.7 Å². The second-order valence-corrected chi connectivity index (χ2v) is 7.56. The number of aromatic amines is 2. The summed E-state index contributed by atoms with van der Waals surface area (Å²) in [4.78, 5) is -0.0850. The maximum Gasteiger partial charge on any atom is 0.238 e. The number of aryl methyl sites for hydroxylation is 1. The zero-order valence-electron chi connectivity index (χ0n) is 14.2. The van der Waals surface area contributed by atoms with Gasteiger partial charge in [-0.15, -0.1) is 10.2 Å². The molecule has 0 radical (unpaired) electrons. The molecule has 0 saturated heterocycles. The predicted molar refractivity (Wildman–Crippen MR) is 98.7 cm³/mol. The quantitative estimate of drug-likeness (QED) is 0.492. The zero-order valence-corrected chi connectivity index (χ0v) is 15.0. The molecule has 4 aromatic rings. The lowest BCUT2D eigenvalue weighted by Crippen LogP contribution is -2.14. The molecule has 136 valence electrons. The van der Waals surface area contributed by atoms with E-state index in [1.165, 1.54) is 6.07 Å². The third-order valence-corrected chi connectivity index (χ3v) is 5.11. The third kappa shape index (κ3) is 3.23. The molecule has 27 heavy (non-hydrogen) atoms. The summed E-state index contributed by atoms with van der Waals surface area (Å²) in [6, 6.07) is 11.0. The highest BCUT2D eigenvalue weighted by Gasteiger charge is 2.24. The van der Waals surface area contributed by atoms with Crippen molar-refractivity contribution < 1.29 is 8.42 Å². The van der Waals surface area contributed by atoms with Crippen LogP contribution in [0.1, 0.15) is 5.56 Å². The van der Waals surface area contributed by atoms with Crippen LogP contribution in [-0.4, -0.2) is 39.2 Å². The Hall–Kier alpha value is -3.37. The van der Waals surface area contributed by atoms with Crippen LogP contribution in [-0.2, 0) is 10.0 Å². The van der Waals surface area contributed by atoms with Gasteiger partial charge in [0.1, 0.15) is 0 Å². The van der Waals surface area contributed by atoms with Crippen molar-refractivity contribution in [2.75, 3.05) is 0 Å². The molecule has 0 atom stereocenters. The molecule has 0 aliphatic heterocycles. The molecule has 0 unspecified atom stereocenters. The number of nitrogens with zero attached hydrogens (tertiary/aromatic N) is 4. The standard InChI is InChI=1S/C17H15N7O2S/c1-10-2-4-11(5-3-10)14-6-12(13-8-19-20-9-13)7-15(27(18,25)26)16(14)17-21-23-24-22-17/h2-9H,1H3,(H,19,20)(H2,18,25,26)(H,21,22,23,24). The van der Waals surface area contributed by atoms with E-state index in [9.17, 15) is 8.42 Å². The number of aromatic nitrogens is 6. The smallest absolute Gasteiger partial charge is 0.238 e. The van der Waals surface area contributed by atoms with Crippen LogP contribution in [0.5, 0.6) is 0 Å². The summed E-state index contributed by atoms with van der Waals surface area (Å²) < 4.78 is 24.8. The normalized spacial score (nSPS) is 11.6. The van der Waals surface area contributed by atoms with Crippen LogP contribution in [0.15, 0.2) is 53.7 Å². The number of nitrogens with two attached hydrogens (primary N) is 1. The summed E-state index contributed by atoms with van der Waals surface area (Å²) in [5, 5.41) is 26.0. The fourth-order valence-electron chi connectivity index (χ4n) is 2.87. The van der Waals surface area contributed by atoms with Crippen molar-refractivity contribution in [3.63, 3.8) is 0 Å². The van der Waals surface area contributed by atoms with E-state index < -0.39 is 10.0 Å². The summed E-state index contributed by atoms with van der Waals surface area (Å²) in [6.07, 6.45) is 3.28. The first-order chi connectivity index (χ1) is 12.9. The first kappa shape index (κ1) is 17.1. The minimum Gasteiger partial charge on any atom is -0.285 e. The number of nitrogens with one attached hydrogen (secondary N) is 2. The van der Waals surface area contributed by atoms with Gasteiger partial charge in [0.15, 0.2) is 0 Å². The summed E-state index contributed by atoms with van der Waals surface area (Å²) in [5.41, 5.74) is 4.18. The molecule has 0 bridgehead atoms. The van der Waals surface area contributed by atoms with Crippen molar-refractivity contribution in [2.24, 2.45) is 5.14 Å². The maximum atomic E-state index is 12.4. The number of sulfonamides is 1. The van der Waals surface area contributed by atoms with Crippen LogP contribution >= 0.6 is 0 Å². The van der Waals surface area contributed by atoms with E-state index in [-0.39, 0.29) is 10.7 Å². The number of hydrogen-bond donors (Lipinski definition) is 3. The minimum atomic E-state index is -4.06. The Morgan fingerprint density at radius 2 is 1.81 bits per heavy atom. The maximum absolute atomic E-state index is 12.4. The molecule has 0 spiro atoms. The molecule has 10 heteroatoms. The van der Waals surface area contributed by atoms with Gasteiger partial charge in [0, 0.05) is 11.8 Å². The SMILES string of the molecule is Cc1ccc(-c2cc(-c3cn[nH]c3)cc(S(N)(=O)=O)c2-c2nn[nH]n2)cc1.